The molecule has 1 saturated heterocycles. The Labute approximate surface area is 160 Å². The summed E-state index contributed by atoms with van der Waals surface area (Å²) in [5, 5.41) is 0. The Bertz CT molecular complexity index is 884. The lowest BCUT2D eigenvalue weighted by atomic mass is 10.0. The fourth-order valence-electron chi connectivity index (χ4n) is 3.23. The lowest BCUT2D eigenvalue weighted by Crippen LogP contribution is -2.34. The Morgan fingerprint density at radius 2 is 1.93 bits per heavy atom. The molecule has 146 valence electrons. The number of piperidine rings is 1. The van der Waals surface area contributed by atoms with Gasteiger partial charge in [0.25, 0.3) is 10.0 Å². The Kier molecular flexibility index (Phi) is 5.74. The Morgan fingerprint density at radius 3 is 2.56 bits per heavy atom. The lowest BCUT2D eigenvalue weighted by Gasteiger charge is -2.31. The van der Waals surface area contributed by atoms with Gasteiger partial charge in [-0.15, -0.1) is 0 Å². The average molecular weight is 391 g/mol. The topological polar surface area (TPSA) is 80.8 Å². The first-order chi connectivity index (χ1) is 12.9. The van der Waals surface area contributed by atoms with Crippen molar-refractivity contribution in [2.45, 2.75) is 24.7 Å². The normalized spacial score (nSPS) is 17.4. The van der Waals surface area contributed by atoms with Gasteiger partial charge in [-0.1, -0.05) is 6.92 Å². The molecule has 1 fully saturated rings. The van der Waals surface area contributed by atoms with Gasteiger partial charge < -0.3 is 14.4 Å². The minimum atomic E-state index is -3.76. The van der Waals surface area contributed by atoms with Crippen molar-refractivity contribution in [1.82, 2.24) is 4.98 Å². The maximum atomic E-state index is 12.7. The summed E-state index contributed by atoms with van der Waals surface area (Å²) in [6, 6.07) is 8.05. The molecule has 0 saturated carbocycles. The molecule has 1 aromatic heterocycles. The van der Waals surface area contributed by atoms with Crippen LogP contribution in [0.15, 0.2) is 41.4 Å². The number of methoxy groups -OCH3 is 2. The number of aromatic nitrogens is 1. The third-order valence-corrected chi connectivity index (χ3v) is 6.03. The zero-order valence-electron chi connectivity index (χ0n) is 15.8. The van der Waals surface area contributed by atoms with Crippen LogP contribution in [0.3, 0.4) is 0 Å². The van der Waals surface area contributed by atoms with Crippen LogP contribution >= 0.6 is 0 Å². The van der Waals surface area contributed by atoms with E-state index in [1.807, 2.05) is 6.07 Å². The van der Waals surface area contributed by atoms with Crippen molar-refractivity contribution >= 4 is 21.5 Å². The number of nitrogens with zero attached hydrogens (tertiary/aromatic N) is 2. The number of hydrogen-bond donors (Lipinski definition) is 1. The van der Waals surface area contributed by atoms with Crippen LogP contribution in [0.1, 0.15) is 19.8 Å². The number of hydrogen-bond acceptors (Lipinski definition) is 6. The third-order valence-electron chi connectivity index (χ3n) is 4.65. The summed E-state index contributed by atoms with van der Waals surface area (Å²) in [6.45, 7) is 4.19. The van der Waals surface area contributed by atoms with Gasteiger partial charge in [0.2, 0.25) is 0 Å². The monoisotopic (exact) mass is 391 g/mol. The highest BCUT2D eigenvalue weighted by Crippen LogP contribution is 2.30. The summed E-state index contributed by atoms with van der Waals surface area (Å²) in [5.41, 5.74) is 0.415. The second-order valence-electron chi connectivity index (χ2n) is 6.72. The molecular weight excluding hydrogens is 366 g/mol. The van der Waals surface area contributed by atoms with Gasteiger partial charge in [0, 0.05) is 19.2 Å². The number of ether oxygens (including phenoxy) is 2. The molecule has 7 nitrogen and oxygen atoms in total. The van der Waals surface area contributed by atoms with Crippen LogP contribution < -0.4 is 19.1 Å². The fourth-order valence-corrected chi connectivity index (χ4v) is 4.29. The van der Waals surface area contributed by atoms with Crippen LogP contribution in [0.5, 0.6) is 11.5 Å². The molecule has 0 amide bonds. The van der Waals surface area contributed by atoms with Crippen molar-refractivity contribution in [3.63, 3.8) is 0 Å². The van der Waals surface area contributed by atoms with Crippen LogP contribution in [-0.4, -0.2) is 40.7 Å². The molecular formula is C19H25N3O4S. The minimum absolute atomic E-state index is 0.0917. The molecule has 1 N–H and O–H groups in total. The van der Waals surface area contributed by atoms with Crippen molar-refractivity contribution in [1.29, 1.82) is 0 Å². The van der Waals surface area contributed by atoms with E-state index < -0.39 is 10.0 Å². The molecule has 0 bridgehead atoms. The first-order valence-corrected chi connectivity index (χ1v) is 10.4. The molecule has 1 unspecified atom stereocenters. The van der Waals surface area contributed by atoms with Crippen LogP contribution in [0.25, 0.3) is 0 Å². The summed E-state index contributed by atoms with van der Waals surface area (Å²) < 4.78 is 38.2. The van der Waals surface area contributed by atoms with Crippen molar-refractivity contribution < 1.29 is 17.9 Å². The van der Waals surface area contributed by atoms with Gasteiger partial charge in [-0.05, 0) is 43.0 Å². The molecule has 0 spiro atoms. The van der Waals surface area contributed by atoms with Gasteiger partial charge >= 0.3 is 0 Å². The van der Waals surface area contributed by atoms with Crippen LogP contribution in [0, 0.1) is 5.92 Å². The Morgan fingerprint density at radius 1 is 1.15 bits per heavy atom. The maximum absolute atomic E-state index is 12.7. The number of sulfonamides is 1. The van der Waals surface area contributed by atoms with E-state index in [1.165, 1.54) is 32.8 Å². The molecule has 1 aromatic carbocycles. The van der Waals surface area contributed by atoms with Crippen LogP contribution in [-0.2, 0) is 10.0 Å². The van der Waals surface area contributed by atoms with Crippen molar-refractivity contribution in [3.05, 3.63) is 36.5 Å². The predicted octanol–water partition coefficient (Wildman–Crippen LogP) is 3.14. The summed E-state index contributed by atoms with van der Waals surface area (Å²) >= 11 is 0. The second kappa shape index (κ2) is 8.04. The second-order valence-corrected chi connectivity index (χ2v) is 8.40. The fraction of sp³-hybridized carbons (Fsp3) is 0.421. The summed E-state index contributed by atoms with van der Waals surface area (Å²) in [5.74, 6) is 2.34. The lowest BCUT2D eigenvalue weighted by molar-refractivity contribution is 0.354. The van der Waals surface area contributed by atoms with E-state index in [0.717, 1.165) is 25.3 Å². The average Bonchev–Trinajstić information content (AvgIpc) is 2.67. The molecule has 0 aliphatic carbocycles. The van der Waals surface area contributed by atoms with Gasteiger partial charge in [-0.25, -0.2) is 13.4 Å². The Hall–Kier alpha value is -2.48. The molecule has 27 heavy (non-hydrogen) atoms. The molecule has 1 atom stereocenters. The van der Waals surface area contributed by atoms with Gasteiger partial charge in [-0.2, -0.15) is 0 Å². The van der Waals surface area contributed by atoms with Crippen molar-refractivity contribution in [2.75, 3.05) is 36.9 Å². The van der Waals surface area contributed by atoms with Gasteiger partial charge in [0.15, 0.2) is 11.5 Å². The zero-order chi connectivity index (χ0) is 19.4. The molecule has 2 heterocycles. The summed E-state index contributed by atoms with van der Waals surface area (Å²) in [7, 11) is -0.792. The number of nitrogens with one attached hydrogen (secondary N) is 1. The standard InChI is InChI=1S/C19H25N3O4S/c1-14-5-4-10-22(13-14)19-9-6-15(12-20-19)21-27(23,24)16-7-8-17(25-2)18(11-16)26-3/h6-9,11-12,14,21H,4-5,10,13H2,1-3H3. The Balaban J connectivity index is 1.76. The first-order valence-electron chi connectivity index (χ1n) is 8.89. The van der Waals surface area contributed by atoms with Crippen molar-refractivity contribution in [3.8, 4) is 11.5 Å². The van der Waals surface area contributed by atoms with E-state index >= 15 is 0 Å². The third kappa shape index (κ3) is 4.44. The van der Waals surface area contributed by atoms with Crippen molar-refractivity contribution in [2.24, 2.45) is 5.92 Å². The summed E-state index contributed by atoms with van der Waals surface area (Å²) in [6.07, 6.45) is 3.93. The van der Waals surface area contributed by atoms with E-state index in [-0.39, 0.29) is 4.90 Å². The van der Waals surface area contributed by atoms with Crippen LogP contribution in [0.2, 0.25) is 0 Å². The molecule has 1 aliphatic rings. The van der Waals surface area contributed by atoms with Crippen LogP contribution in [0.4, 0.5) is 11.5 Å². The highest BCUT2D eigenvalue weighted by molar-refractivity contribution is 7.92. The largest absolute Gasteiger partial charge is 0.493 e. The quantitative estimate of drug-likeness (QED) is 0.815. The summed E-state index contributed by atoms with van der Waals surface area (Å²) in [4.78, 5) is 6.76. The van der Waals surface area contributed by atoms with Gasteiger partial charge in [0.05, 0.1) is 31.0 Å². The molecule has 3 rings (SSSR count). The van der Waals surface area contributed by atoms with E-state index in [0.29, 0.717) is 23.1 Å². The molecule has 1 aliphatic heterocycles. The predicted molar refractivity (Wildman–Crippen MR) is 105 cm³/mol. The molecule has 0 radical (unpaired) electrons. The van der Waals surface area contributed by atoms with Gasteiger partial charge in [0.1, 0.15) is 5.82 Å². The van der Waals surface area contributed by atoms with E-state index in [9.17, 15) is 8.42 Å². The van der Waals surface area contributed by atoms with E-state index in [1.54, 1.807) is 18.3 Å². The number of pyridine rings is 1. The van der Waals surface area contributed by atoms with Gasteiger partial charge in [-0.3, -0.25) is 4.72 Å². The highest BCUT2D eigenvalue weighted by Gasteiger charge is 2.19. The maximum Gasteiger partial charge on any atom is 0.262 e. The SMILES string of the molecule is COc1ccc(S(=O)(=O)Nc2ccc(N3CCCC(C)C3)nc2)cc1OC. The molecule has 2 aromatic rings. The number of anilines is 2. The number of benzene rings is 1. The van der Waals surface area contributed by atoms with E-state index in [2.05, 4.69) is 21.5 Å². The zero-order valence-corrected chi connectivity index (χ0v) is 16.6. The minimum Gasteiger partial charge on any atom is -0.493 e. The number of rotatable bonds is 6. The molecule has 8 heteroatoms. The smallest absolute Gasteiger partial charge is 0.262 e. The first kappa shape index (κ1) is 19.3. The highest BCUT2D eigenvalue weighted by atomic mass is 32.2. The van der Waals surface area contributed by atoms with E-state index in [4.69, 9.17) is 9.47 Å².